The molecule has 0 bridgehead atoms. The normalized spacial score (nSPS) is 11.4. The molecule has 6 aromatic rings. The number of hydrogen-bond acceptors (Lipinski definition) is 3. The molecule has 5 nitrogen and oxygen atoms in total. The molecular formula is C26H18FN5. The monoisotopic (exact) mass is 419 g/mol. The van der Waals surface area contributed by atoms with Gasteiger partial charge >= 0.3 is 0 Å². The first-order chi connectivity index (χ1) is 15.7. The van der Waals surface area contributed by atoms with E-state index in [1.807, 2.05) is 49.5 Å². The summed E-state index contributed by atoms with van der Waals surface area (Å²) < 4.78 is 14.1. The summed E-state index contributed by atoms with van der Waals surface area (Å²) in [7, 11) is 0. The number of hydrogen-bond donors (Lipinski definition) is 2. The van der Waals surface area contributed by atoms with E-state index in [4.69, 9.17) is 0 Å². The van der Waals surface area contributed by atoms with Gasteiger partial charge in [-0.05, 0) is 71.6 Å². The Morgan fingerprint density at radius 1 is 0.844 bits per heavy atom. The molecule has 6 rings (SSSR count). The fraction of sp³-hybridized carbons (Fsp3) is 0.0385. The highest BCUT2D eigenvalue weighted by Crippen LogP contribution is 2.35. The van der Waals surface area contributed by atoms with Crippen LogP contribution in [-0.2, 0) is 0 Å². The molecule has 4 heterocycles. The maximum Gasteiger partial charge on any atom is 0.155 e. The highest BCUT2D eigenvalue weighted by molar-refractivity contribution is 6.01. The minimum absolute atomic E-state index is 0.235. The van der Waals surface area contributed by atoms with Crippen molar-refractivity contribution in [1.29, 1.82) is 0 Å². The van der Waals surface area contributed by atoms with Crippen molar-refractivity contribution in [3.05, 3.63) is 90.6 Å². The molecule has 0 aliphatic heterocycles. The Bertz CT molecular complexity index is 1580. The number of aryl methyl sites for hydroxylation is 1. The molecule has 0 saturated carbocycles. The molecule has 0 aliphatic rings. The van der Waals surface area contributed by atoms with Crippen LogP contribution in [0.1, 0.15) is 5.56 Å². The lowest BCUT2D eigenvalue weighted by Gasteiger charge is -2.05. The van der Waals surface area contributed by atoms with Crippen LogP contribution in [0, 0.1) is 12.7 Å². The minimum atomic E-state index is -0.235. The van der Waals surface area contributed by atoms with Gasteiger partial charge in [-0.25, -0.2) is 9.37 Å². The van der Waals surface area contributed by atoms with Gasteiger partial charge in [-0.15, -0.1) is 0 Å². The van der Waals surface area contributed by atoms with E-state index in [1.165, 1.54) is 6.07 Å². The second-order valence-electron chi connectivity index (χ2n) is 7.90. The molecule has 0 amide bonds. The molecule has 0 unspecified atom stereocenters. The van der Waals surface area contributed by atoms with E-state index >= 15 is 0 Å². The number of H-pyrrole nitrogens is 2. The molecule has 0 radical (unpaired) electrons. The summed E-state index contributed by atoms with van der Waals surface area (Å²) in [6, 6.07) is 19.2. The maximum atomic E-state index is 14.1. The molecule has 32 heavy (non-hydrogen) atoms. The maximum absolute atomic E-state index is 14.1. The van der Waals surface area contributed by atoms with Crippen LogP contribution < -0.4 is 0 Å². The van der Waals surface area contributed by atoms with Crippen LogP contribution in [0.4, 0.5) is 4.39 Å². The summed E-state index contributed by atoms with van der Waals surface area (Å²) in [5.74, 6) is -0.235. The Balaban J connectivity index is 1.52. The fourth-order valence-electron chi connectivity index (χ4n) is 4.24. The Kier molecular flexibility index (Phi) is 4.11. The van der Waals surface area contributed by atoms with Gasteiger partial charge in [0.15, 0.2) is 5.65 Å². The van der Waals surface area contributed by atoms with Crippen LogP contribution in [0.2, 0.25) is 0 Å². The predicted molar refractivity (Wildman–Crippen MR) is 125 cm³/mol. The van der Waals surface area contributed by atoms with Crippen LogP contribution >= 0.6 is 0 Å². The van der Waals surface area contributed by atoms with E-state index < -0.39 is 0 Å². The number of aromatic nitrogens is 5. The lowest BCUT2D eigenvalue weighted by atomic mass is 9.99. The van der Waals surface area contributed by atoms with Crippen molar-refractivity contribution in [3.63, 3.8) is 0 Å². The number of pyridine rings is 2. The number of aromatic amines is 2. The molecule has 154 valence electrons. The smallest absolute Gasteiger partial charge is 0.155 e. The van der Waals surface area contributed by atoms with Crippen molar-refractivity contribution in [2.45, 2.75) is 6.92 Å². The summed E-state index contributed by atoms with van der Waals surface area (Å²) in [6.07, 6.45) is 5.36. The highest BCUT2D eigenvalue weighted by Gasteiger charge is 2.15. The summed E-state index contributed by atoms with van der Waals surface area (Å²) in [5, 5.41) is 9.50. The minimum Gasteiger partial charge on any atom is -0.353 e. The van der Waals surface area contributed by atoms with Crippen LogP contribution in [0.5, 0.6) is 0 Å². The standard InChI is InChI=1S/C26H18FN5/c1-15-9-17(11-19(27)10-15)20-3-2-4-23-21(20)13-24(30-23)25-22-12-18(14-29-26(22)32-31-25)16-5-7-28-8-6-16/h2-14,30H,1H3,(H,29,31,32). The molecule has 0 atom stereocenters. The third kappa shape index (κ3) is 3.04. The van der Waals surface area contributed by atoms with Crippen molar-refractivity contribution >= 4 is 21.9 Å². The zero-order valence-corrected chi connectivity index (χ0v) is 17.2. The Morgan fingerprint density at radius 2 is 1.72 bits per heavy atom. The van der Waals surface area contributed by atoms with Gasteiger partial charge in [-0.1, -0.05) is 18.2 Å². The van der Waals surface area contributed by atoms with Crippen molar-refractivity contribution < 1.29 is 4.39 Å². The first-order valence-corrected chi connectivity index (χ1v) is 10.3. The van der Waals surface area contributed by atoms with Gasteiger partial charge in [0, 0.05) is 40.4 Å². The molecule has 0 spiro atoms. The second kappa shape index (κ2) is 7.13. The quantitative estimate of drug-likeness (QED) is 0.354. The van der Waals surface area contributed by atoms with Gasteiger partial charge in [0.05, 0.1) is 5.69 Å². The average molecular weight is 419 g/mol. The van der Waals surface area contributed by atoms with E-state index in [9.17, 15) is 4.39 Å². The van der Waals surface area contributed by atoms with Crippen molar-refractivity contribution in [2.24, 2.45) is 0 Å². The van der Waals surface area contributed by atoms with Gasteiger partial charge in [0.25, 0.3) is 0 Å². The molecule has 0 fully saturated rings. The summed E-state index contributed by atoms with van der Waals surface area (Å²) in [4.78, 5) is 12.1. The number of nitrogens with one attached hydrogen (secondary N) is 2. The van der Waals surface area contributed by atoms with E-state index in [0.717, 1.165) is 61.1 Å². The lowest BCUT2D eigenvalue weighted by molar-refractivity contribution is 0.627. The third-order valence-electron chi connectivity index (χ3n) is 5.70. The number of fused-ring (bicyclic) bond motifs is 2. The SMILES string of the molecule is Cc1cc(F)cc(-c2cccc3[nH]c(-c4n[nH]c5ncc(-c6ccncc6)cc45)cc23)c1. The van der Waals surface area contributed by atoms with E-state index in [-0.39, 0.29) is 5.82 Å². The topological polar surface area (TPSA) is 70.2 Å². The Labute approximate surface area is 183 Å². The van der Waals surface area contributed by atoms with Crippen LogP contribution in [-0.4, -0.2) is 25.1 Å². The summed E-state index contributed by atoms with van der Waals surface area (Å²) in [6.45, 7) is 1.90. The molecule has 0 saturated heterocycles. The van der Waals surface area contributed by atoms with Crippen LogP contribution in [0.3, 0.4) is 0 Å². The number of rotatable bonds is 3. The highest BCUT2D eigenvalue weighted by atomic mass is 19.1. The van der Waals surface area contributed by atoms with E-state index in [1.54, 1.807) is 18.5 Å². The first kappa shape index (κ1) is 18.4. The molecule has 2 N–H and O–H groups in total. The lowest BCUT2D eigenvalue weighted by Crippen LogP contribution is -1.84. The number of halogens is 1. The summed E-state index contributed by atoms with van der Waals surface area (Å²) in [5.41, 5.74) is 8.11. The van der Waals surface area contributed by atoms with Crippen molar-refractivity contribution in [2.75, 3.05) is 0 Å². The second-order valence-corrected chi connectivity index (χ2v) is 7.90. The van der Waals surface area contributed by atoms with Crippen molar-refractivity contribution in [1.82, 2.24) is 25.1 Å². The van der Waals surface area contributed by atoms with Gasteiger partial charge in [0.1, 0.15) is 11.5 Å². The van der Waals surface area contributed by atoms with E-state index in [2.05, 4.69) is 37.3 Å². The van der Waals surface area contributed by atoms with Gasteiger partial charge in [0.2, 0.25) is 0 Å². The molecular weight excluding hydrogens is 401 g/mol. The fourth-order valence-corrected chi connectivity index (χ4v) is 4.24. The zero-order valence-electron chi connectivity index (χ0n) is 17.2. The van der Waals surface area contributed by atoms with E-state index in [0.29, 0.717) is 0 Å². The molecule has 6 heteroatoms. The van der Waals surface area contributed by atoms with Crippen LogP contribution in [0.15, 0.2) is 79.3 Å². The largest absolute Gasteiger partial charge is 0.353 e. The average Bonchev–Trinajstić information content (AvgIpc) is 3.42. The molecule has 0 aliphatic carbocycles. The number of benzene rings is 2. The Hall–Kier alpha value is -4.32. The molecule has 2 aromatic carbocycles. The van der Waals surface area contributed by atoms with Gasteiger partial charge < -0.3 is 4.98 Å². The predicted octanol–water partition coefficient (Wildman–Crippen LogP) is 6.28. The van der Waals surface area contributed by atoms with Gasteiger partial charge in [-0.3, -0.25) is 10.1 Å². The zero-order chi connectivity index (χ0) is 21.7. The van der Waals surface area contributed by atoms with Crippen LogP contribution in [0.25, 0.3) is 55.6 Å². The number of nitrogens with zero attached hydrogens (tertiary/aromatic N) is 3. The van der Waals surface area contributed by atoms with Gasteiger partial charge in [-0.2, -0.15) is 5.10 Å². The first-order valence-electron chi connectivity index (χ1n) is 10.3. The van der Waals surface area contributed by atoms with Crippen molar-refractivity contribution in [3.8, 4) is 33.6 Å². The Morgan fingerprint density at radius 3 is 2.56 bits per heavy atom. The summed E-state index contributed by atoms with van der Waals surface area (Å²) >= 11 is 0. The molecule has 4 aromatic heterocycles. The third-order valence-corrected chi connectivity index (χ3v) is 5.70.